The molecule has 0 aliphatic carbocycles. The molecular formula is C11H13O2PS. The highest BCUT2D eigenvalue weighted by atomic mass is 32.7. The summed E-state index contributed by atoms with van der Waals surface area (Å²) in [6.45, 7) is -0.758. The van der Waals surface area contributed by atoms with Crippen LogP contribution in [-0.2, 0) is 14.8 Å². The first-order chi connectivity index (χ1) is 7.20. The maximum atomic E-state index is 11.9. The molecule has 0 aliphatic heterocycles. The number of terminal acetylenes is 1. The summed E-state index contributed by atoms with van der Waals surface area (Å²) < 4.78 is 16.9. The van der Waals surface area contributed by atoms with Crippen molar-refractivity contribution in [1.29, 1.82) is 0 Å². The predicted molar refractivity (Wildman–Crippen MR) is 65.8 cm³/mol. The third kappa shape index (κ3) is 4.13. The average molecular weight is 240 g/mol. The van der Waals surface area contributed by atoms with Crippen LogP contribution in [0.3, 0.4) is 0 Å². The quantitative estimate of drug-likeness (QED) is 0.579. The lowest BCUT2D eigenvalue weighted by Crippen LogP contribution is -1.85. The average Bonchev–Trinajstić information content (AvgIpc) is 2.28. The molecule has 0 bridgehead atoms. The molecule has 0 aromatic heterocycles. The van der Waals surface area contributed by atoms with Gasteiger partial charge in [-0.3, -0.25) is 4.57 Å². The van der Waals surface area contributed by atoms with Gasteiger partial charge in [-0.05, 0) is 18.1 Å². The normalized spacial score (nSPS) is 14.1. The lowest BCUT2D eigenvalue weighted by atomic mass is 10.2. The molecule has 0 aliphatic rings. The van der Waals surface area contributed by atoms with Gasteiger partial charge >= 0.3 is 6.57 Å². The first kappa shape index (κ1) is 12.4. The van der Waals surface area contributed by atoms with Crippen LogP contribution >= 0.6 is 18.0 Å². The van der Waals surface area contributed by atoms with Crippen molar-refractivity contribution >= 4 is 18.0 Å². The van der Waals surface area contributed by atoms with E-state index in [0.29, 0.717) is 12.4 Å². The Labute approximate surface area is 94.6 Å². The first-order valence-corrected chi connectivity index (χ1v) is 7.82. The number of hydrogen-bond donors (Lipinski definition) is 0. The molecule has 0 spiro atoms. The van der Waals surface area contributed by atoms with Crippen molar-refractivity contribution in [3.63, 3.8) is 0 Å². The maximum Gasteiger partial charge on any atom is 0.329 e. The van der Waals surface area contributed by atoms with Gasteiger partial charge in [0.25, 0.3) is 0 Å². The van der Waals surface area contributed by atoms with E-state index in [2.05, 4.69) is 5.66 Å². The molecule has 1 rings (SSSR count). The molecule has 1 aromatic carbocycles. The van der Waals surface area contributed by atoms with Crippen LogP contribution in [-0.4, -0.2) is 6.61 Å². The van der Waals surface area contributed by atoms with Crippen LogP contribution < -0.4 is 0 Å². The molecule has 0 saturated heterocycles. The highest BCUT2D eigenvalue weighted by Crippen LogP contribution is 2.59. The zero-order chi connectivity index (χ0) is 11.1. The van der Waals surface area contributed by atoms with Crippen molar-refractivity contribution < 1.29 is 9.09 Å². The predicted octanol–water partition coefficient (Wildman–Crippen LogP) is 3.74. The van der Waals surface area contributed by atoms with Crippen molar-refractivity contribution in [2.24, 2.45) is 0 Å². The van der Waals surface area contributed by atoms with Gasteiger partial charge in [0, 0.05) is 5.75 Å². The van der Waals surface area contributed by atoms with Crippen molar-refractivity contribution in [3.8, 4) is 12.1 Å². The van der Waals surface area contributed by atoms with Crippen molar-refractivity contribution in [2.75, 3.05) is 6.61 Å². The Morgan fingerprint density at radius 3 is 2.67 bits per heavy atom. The molecule has 0 heterocycles. The Bertz CT molecular complexity index is 383. The molecule has 2 nitrogen and oxygen atoms in total. The van der Waals surface area contributed by atoms with Crippen LogP contribution in [0.25, 0.3) is 0 Å². The Hall–Kier alpha value is -0.680. The van der Waals surface area contributed by atoms with E-state index in [1.165, 1.54) is 11.4 Å². The van der Waals surface area contributed by atoms with Gasteiger partial charge in [0.2, 0.25) is 0 Å². The van der Waals surface area contributed by atoms with Crippen molar-refractivity contribution in [1.82, 2.24) is 0 Å². The third-order valence-electron chi connectivity index (χ3n) is 1.70. The molecular weight excluding hydrogens is 227 g/mol. The molecule has 0 radical (unpaired) electrons. The second-order valence-electron chi connectivity index (χ2n) is 2.80. The summed E-state index contributed by atoms with van der Waals surface area (Å²) in [5, 5.41) is 0. The highest BCUT2D eigenvalue weighted by Gasteiger charge is 2.19. The SMILES string of the molecule is C#CP(=O)(OCC)SCc1ccccc1. The molecule has 0 fully saturated rings. The van der Waals surface area contributed by atoms with Gasteiger partial charge < -0.3 is 4.52 Å². The standard InChI is InChI=1S/C11H13O2PS/c1-3-13-14(12,4-2)15-10-11-8-6-5-7-9-11/h2,5-9H,3,10H2,1H3. The lowest BCUT2D eigenvalue weighted by Gasteiger charge is -2.10. The van der Waals surface area contributed by atoms with Gasteiger partial charge in [-0.25, -0.2) is 0 Å². The summed E-state index contributed by atoms with van der Waals surface area (Å²) in [5.74, 6) is 0.613. The molecule has 1 unspecified atom stereocenters. The molecule has 1 atom stereocenters. The van der Waals surface area contributed by atoms with Crippen LogP contribution in [0.5, 0.6) is 0 Å². The monoisotopic (exact) mass is 240 g/mol. The van der Waals surface area contributed by atoms with E-state index in [4.69, 9.17) is 10.9 Å². The zero-order valence-corrected chi connectivity index (χ0v) is 10.3. The van der Waals surface area contributed by atoms with Gasteiger partial charge in [-0.1, -0.05) is 41.7 Å². The highest BCUT2D eigenvalue weighted by molar-refractivity contribution is 8.57. The van der Waals surface area contributed by atoms with Gasteiger partial charge in [0.1, 0.15) is 0 Å². The van der Waals surface area contributed by atoms with Gasteiger partial charge in [0.15, 0.2) is 0 Å². The molecule has 0 amide bonds. The second-order valence-corrected chi connectivity index (χ2v) is 7.08. The topological polar surface area (TPSA) is 26.3 Å². The van der Waals surface area contributed by atoms with E-state index in [1.807, 2.05) is 30.3 Å². The first-order valence-electron chi connectivity index (χ1n) is 4.61. The molecule has 0 N–H and O–H groups in total. The summed E-state index contributed by atoms with van der Waals surface area (Å²) in [4.78, 5) is 0. The largest absolute Gasteiger partial charge is 0.329 e. The second kappa shape index (κ2) is 6.02. The summed E-state index contributed by atoms with van der Waals surface area (Å²) in [5.41, 5.74) is 3.34. The Morgan fingerprint density at radius 1 is 1.47 bits per heavy atom. The molecule has 4 heteroatoms. The van der Waals surface area contributed by atoms with Gasteiger partial charge in [-0.15, -0.1) is 6.42 Å². The summed E-state index contributed by atoms with van der Waals surface area (Å²) >= 11 is 1.20. The Balaban J connectivity index is 2.57. The Morgan fingerprint density at radius 2 is 2.13 bits per heavy atom. The van der Waals surface area contributed by atoms with Crippen LogP contribution in [0.2, 0.25) is 0 Å². The Kier molecular flexibility index (Phi) is 4.98. The fraction of sp³-hybridized carbons (Fsp3) is 0.273. The number of hydrogen-bond acceptors (Lipinski definition) is 3. The van der Waals surface area contributed by atoms with Crippen LogP contribution in [0.15, 0.2) is 30.3 Å². The van der Waals surface area contributed by atoms with Crippen LogP contribution in [0.1, 0.15) is 12.5 Å². The van der Waals surface area contributed by atoms with Gasteiger partial charge in [-0.2, -0.15) is 0 Å². The van der Waals surface area contributed by atoms with E-state index in [0.717, 1.165) is 5.56 Å². The van der Waals surface area contributed by atoms with Crippen LogP contribution in [0, 0.1) is 12.1 Å². The van der Waals surface area contributed by atoms with E-state index in [9.17, 15) is 4.57 Å². The van der Waals surface area contributed by atoms with E-state index in [-0.39, 0.29) is 0 Å². The van der Waals surface area contributed by atoms with Crippen molar-refractivity contribution in [3.05, 3.63) is 35.9 Å². The molecule has 1 aromatic rings. The molecule has 0 saturated carbocycles. The zero-order valence-electron chi connectivity index (χ0n) is 8.55. The minimum Gasteiger partial charge on any atom is -0.312 e. The number of rotatable bonds is 5. The van der Waals surface area contributed by atoms with Gasteiger partial charge in [0.05, 0.1) is 6.61 Å². The summed E-state index contributed by atoms with van der Waals surface area (Å²) in [7, 11) is 0. The summed E-state index contributed by atoms with van der Waals surface area (Å²) in [6.07, 6.45) is 5.20. The molecule has 15 heavy (non-hydrogen) atoms. The third-order valence-corrected chi connectivity index (χ3v) is 5.46. The minimum absolute atomic E-state index is 0.378. The fourth-order valence-corrected chi connectivity index (χ4v) is 3.81. The minimum atomic E-state index is -2.92. The maximum absolute atomic E-state index is 11.9. The van der Waals surface area contributed by atoms with E-state index >= 15 is 0 Å². The fourth-order valence-electron chi connectivity index (χ4n) is 1.02. The lowest BCUT2D eigenvalue weighted by molar-refractivity contribution is 0.353. The van der Waals surface area contributed by atoms with E-state index < -0.39 is 6.57 Å². The number of benzene rings is 1. The van der Waals surface area contributed by atoms with E-state index in [1.54, 1.807) is 6.92 Å². The molecule has 80 valence electrons. The van der Waals surface area contributed by atoms with Crippen LogP contribution in [0.4, 0.5) is 0 Å². The summed E-state index contributed by atoms with van der Waals surface area (Å²) in [6, 6.07) is 9.77. The van der Waals surface area contributed by atoms with Crippen molar-refractivity contribution in [2.45, 2.75) is 12.7 Å². The smallest absolute Gasteiger partial charge is 0.312 e.